The molecule has 4 nitrogen and oxygen atoms in total. The van der Waals surface area contributed by atoms with Crippen molar-refractivity contribution >= 4 is 8.25 Å². The zero-order chi connectivity index (χ0) is 9.61. The molecule has 1 atom stereocenters. The van der Waals surface area contributed by atoms with E-state index in [1.807, 2.05) is 13.0 Å². The van der Waals surface area contributed by atoms with Gasteiger partial charge in [-0.2, -0.15) is 0 Å². The van der Waals surface area contributed by atoms with Gasteiger partial charge in [0.1, 0.15) is 0 Å². The molecule has 1 N–H and O–H groups in total. The molecule has 0 heterocycles. The van der Waals surface area contributed by atoms with Crippen molar-refractivity contribution in [1.82, 2.24) is 0 Å². The molecule has 0 saturated heterocycles. The minimum atomic E-state index is -2.61. The van der Waals surface area contributed by atoms with Gasteiger partial charge in [-0.15, -0.1) is 4.89 Å². The Hall–Kier alpha value is -0.280. The zero-order valence-corrected chi connectivity index (χ0v) is 8.38. The topological polar surface area (TPSA) is 55.8 Å². The third-order valence-corrected chi connectivity index (χ3v) is 1.66. The largest absolute Gasteiger partial charge is 0.697 e. The van der Waals surface area contributed by atoms with E-state index in [-0.39, 0.29) is 0 Å². The molecule has 0 aliphatic heterocycles. The van der Waals surface area contributed by atoms with Crippen molar-refractivity contribution in [2.75, 3.05) is 6.61 Å². The van der Waals surface area contributed by atoms with E-state index in [0.29, 0.717) is 6.61 Å². The minimum absolute atomic E-state index is 0.368. The first-order chi connectivity index (χ1) is 5.48. The smallest absolute Gasteiger partial charge is 0.342 e. The lowest BCUT2D eigenvalue weighted by Gasteiger charge is -2.16. The Morgan fingerprint density at radius 2 is 2.17 bits per heavy atom. The molecule has 0 radical (unpaired) electrons. The Morgan fingerprint density at radius 3 is 2.58 bits per heavy atom. The standard InChI is InChI=1S/C7H13O4P/c1-4-5-6-10-7(2,3)11-12(8)9/h4-5H,6H2,1-3H3/p+1/b5-4-. The molecule has 0 aromatic carbocycles. The van der Waals surface area contributed by atoms with Crippen LogP contribution >= 0.6 is 8.25 Å². The summed E-state index contributed by atoms with van der Waals surface area (Å²) in [5.41, 5.74) is 0. The Morgan fingerprint density at radius 1 is 1.58 bits per heavy atom. The van der Waals surface area contributed by atoms with Gasteiger partial charge in [-0.25, -0.2) is 0 Å². The summed E-state index contributed by atoms with van der Waals surface area (Å²) in [6.45, 7) is 5.40. The molecule has 0 fully saturated rings. The molecular weight excluding hydrogens is 179 g/mol. The summed E-state index contributed by atoms with van der Waals surface area (Å²) in [5, 5.41) is 0. The fourth-order valence-corrected chi connectivity index (χ4v) is 0.988. The van der Waals surface area contributed by atoms with Gasteiger partial charge in [0.25, 0.3) is 0 Å². The highest BCUT2D eigenvalue weighted by Crippen LogP contribution is 2.26. The van der Waals surface area contributed by atoms with Gasteiger partial charge in [0.05, 0.1) is 6.61 Å². The fourth-order valence-electron chi connectivity index (χ4n) is 0.559. The second kappa shape index (κ2) is 5.38. The van der Waals surface area contributed by atoms with Crippen LogP contribution in [0.3, 0.4) is 0 Å². The number of allylic oxidation sites excluding steroid dienone is 1. The number of ether oxygens (including phenoxy) is 1. The molecule has 0 saturated carbocycles. The third kappa shape index (κ3) is 6.43. The van der Waals surface area contributed by atoms with Crippen molar-refractivity contribution in [3.63, 3.8) is 0 Å². The lowest BCUT2D eigenvalue weighted by molar-refractivity contribution is -0.147. The van der Waals surface area contributed by atoms with E-state index in [2.05, 4.69) is 4.52 Å². The van der Waals surface area contributed by atoms with Crippen LogP contribution < -0.4 is 0 Å². The Balaban J connectivity index is 3.78. The molecule has 0 aromatic heterocycles. The second-order valence-electron chi connectivity index (χ2n) is 2.61. The van der Waals surface area contributed by atoms with Gasteiger partial charge in [0.2, 0.25) is 5.79 Å². The SMILES string of the molecule is C/C=C\COC(C)(C)O[P+](=O)O. The summed E-state index contributed by atoms with van der Waals surface area (Å²) in [6, 6.07) is 0. The van der Waals surface area contributed by atoms with Gasteiger partial charge < -0.3 is 4.74 Å². The van der Waals surface area contributed by atoms with E-state index in [0.717, 1.165) is 0 Å². The van der Waals surface area contributed by atoms with E-state index in [9.17, 15) is 4.57 Å². The molecule has 1 unspecified atom stereocenters. The van der Waals surface area contributed by atoms with Crippen molar-refractivity contribution < 1.29 is 18.7 Å². The number of hydrogen-bond donors (Lipinski definition) is 1. The van der Waals surface area contributed by atoms with Crippen LogP contribution in [0.4, 0.5) is 0 Å². The van der Waals surface area contributed by atoms with Gasteiger partial charge >= 0.3 is 8.25 Å². The Kier molecular flexibility index (Phi) is 5.25. The summed E-state index contributed by atoms with van der Waals surface area (Å²) >= 11 is 0. The molecular formula is C7H14O4P+. The van der Waals surface area contributed by atoms with Gasteiger partial charge in [-0.3, -0.25) is 0 Å². The molecule has 0 aliphatic carbocycles. The molecule has 70 valence electrons. The predicted molar refractivity (Wildman–Crippen MR) is 45.8 cm³/mol. The van der Waals surface area contributed by atoms with Crippen LogP contribution in [0.2, 0.25) is 0 Å². The van der Waals surface area contributed by atoms with Crippen LogP contribution in [0.25, 0.3) is 0 Å². The van der Waals surface area contributed by atoms with Crippen molar-refractivity contribution in [1.29, 1.82) is 0 Å². The molecule has 0 aromatic rings. The van der Waals surface area contributed by atoms with Crippen LogP contribution in [-0.2, 0) is 13.8 Å². The summed E-state index contributed by atoms with van der Waals surface area (Å²) in [4.78, 5) is 8.43. The van der Waals surface area contributed by atoms with Crippen LogP contribution in [0.15, 0.2) is 12.2 Å². The maximum Gasteiger partial charge on any atom is 0.697 e. The molecule has 5 heteroatoms. The summed E-state index contributed by atoms with van der Waals surface area (Å²) in [6.07, 6.45) is 3.62. The van der Waals surface area contributed by atoms with Crippen molar-refractivity contribution in [2.24, 2.45) is 0 Å². The predicted octanol–water partition coefficient (Wildman–Crippen LogP) is 1.98. The molecule has 0 aliphatic rings. The zero-order valence-electron chi connectivity index (χ0n) is 7.48. The normalized spacial score (nSPS) is 13.8. The van der Waals surface area contributed by atoms with Gasteiger partial charge in [0.15, 0.2) is 0 Å². The fraction of sp³-hybridized carbons (Fsp3) is 0.714. The van der Waals surface area contributed by atoms with Crippen molar-refractivity contribution in [3.05, 3.63) is 12.2 Å². The summed E-state index contributed by atoms with van der Waals surface area (Å²) in [7, 11) is -2.61. The first-order valence-electron chi connectivity index (χ1n) is 3.58. The first-order valence-corrected chi connectivity index (χ1v) is 4.71. The van der Waals surface area contributed by atoms with Gasteiger partial charge in [-0.1, -0.05) is 16.7 Å². The molecule has 0 amide bonds. The van der Waals surface area contributed by atoms with Gasteiger partial charge in [0, 0.05) is 4.57 Å². The lowest BCUT2D eigenvalue weighted by atomic mass is 10.4. The van der Waals surface area contributed by atoms with Crippen LogP contribution in [0.1, 0.15) is 20.8 Å². The van der Waals surface area contributed by atoms with E-state index in [1.54, 1.807) is 19.9 Å². The second-order valence-corrected chi connectivity index (χ2v) is 3.27. The highest BCUT2D eigenvalue weighted by Gasteiger charge is 2.31. The van der Waals surface area contributed by atoms with Gasteiger partial charge in [-0.05, 0) is 20.8 Å². The number of hydrogen-bond acceptors (Lipinski definition) is 3. The maximum absolute atomic E-state index is 10.3. The Labute approximate surface area is 73.1 Å². The van der Waals surface area contributed by atoms with Crippen LogP contribution in [-0.4, -0.2) is 17.3 Å². The Bertz CT molecular complexity index is 176. The lowest BCUT2D eigenvalue weighted by Crippen LogP contribution is -2.25. The van der Waals surface area contributed by atoms with Crippen molar-refractivity contribution in [3.8, 4) is 0 Å². The first kappa shape index (κ1) is 11.7. The quantitative estimate of drug-likeness (QED) is 0.412. The summed E-state index contributed by atoms with van der Waals surface area (Å²) in [5.74, 6) is -1.01. The molecule has 12 heavy (non-hydrogen) atoms. The summed E-state index contributed by atoms with van der Waals surface area (Å²) < 4.78 is 20.0. The number of rotatable bonds is 5. The molecule has 0 rings (SSSR count). The minimum Gasteiger partial charge on any atom is -0.342 e. The monoisotopic (exact) mass is 193 g/mol. The van der Waals surface area contributed by atoms with E-state index in [4.69, 9.17) is 9.63 Å². The maximum atomic E-state index is 10.3. The van der Waals surface area contributed by atoms with Crippen LogP contribution in [0.5, 0.6) is 0 Å². The molecule has 0 bridgehead atoms. The van der Waals surface area contributed by atoms with E-state index >= 15 is 0 Å². The third-order valence-electron chi connectivity index (χ3n) is 1.06. The highest BCUT2D eigenvalue weighted by molar-refractivity contribution is 7.32. The average molecular weight is 193 g/mol. The van der Waals surface area contributed by atoms with E-state index < -0.39 is 14.0 Å². The highest BCUT2D eigenvalue weighted by atomic mass is 31.1. The average Bonchev–Trinajstić information content (AvgIpc) is 1.84. The van der Waals surface area contributed by atoms with Crippen molar-refractivity contribution in [2.45, 2.75) is 26.6 Å². The van der Waals surface area contributed by atoms with Crippen LogP contribution in [0, 0.1) is 0 Å². The molecule has 0 spiro atoms. The van der Waals surface area contributed by atoms with E-state index in [1.165, 1.54) is 0 Å².